The van der Waals surface area contributed by atoms with Gasteiger partial charge in [0.15, 0.2) is 0 Å². The van der Waals surface area contributed by atoms with Gasteiger partial charge in [-0.3, -0.25) is 4.79 Å². The van der Waals surface area contributed by atoms with Crippen molar-refractivity contribution in [2.75, 3.05) is 25.0 Å². The highest BCUT2D eigenvalue weighted by molar-refractivity contribution is 5.78. The Labute approximate surface area is 208 Å². The maximum atomic E-state index is 13.9. The van der Waals surface area contributed by atoms with Crippen LogP contribution in [-0.2, 0) is 11.2 Å². The summed E-state index contributed by atoms with van der Waals surface area (Å²) in [7, 11) is 0. The minimum absolute atomic E-state index is 0.0466. The van der Waals surface area contributed by atoms with E-state index in [9.17, 15) is 18.8 Å². The molecule has 36 heavy (non-hydrogen) atoms. The van der Waals surface area contributed by atoms with E-state index in [4.69, 9.17) is 0 Å². The van der Waals surface area contributed by atoms with E-state index < -0.39 is 17.7 Å². The number of carbonyl (C=O) groups is 1. The summed E-state index contributed by atoms with van der Waals surface area (Å²) in [6, 6.07) is 10.9. The van der Waals surface area contributed by atoms with Crippen LogP contribution in [0.15, 0.2) is 48.3 Å². The molecule has 0 bridgehead atoms. The van der Waals surface area contributed by atoms with E-state index in [-0.39, 0.29) is 18.4 Å². The molecule has 1 atom stereocenters. The first-order valence-electron chi connectivity index (χ1n) is 12.2. The zero-order valence-electron chi connectivity index (χ0n) is 19.8. The van der Waals surface area contributed by atoms with Crippen molar-refractivity contribution >= 4 is 29.4 Å². The number of nitrogens with zero attached hydrogens (tertiary/aromatic N) is 3. The van der Waals surface area contributed by atoms with Gasteiger partial charge in [0.05, 0.1) is 18.2 Å². The number of fused-ring (bicyclic) bond motifs is 1. The molecule has 6 nitrogen and oxygen atoms in total. The molecule has 0 spiro atoms. The van der Waals surface area contributed by atoms with E-state index in [1.54, 1.807) is 18.2 Å². The van der Waals surface area contributed by atoms with Crippen LogP contribution in [0.2, 0.25) is 0 Å². The van der Waals surface area contributed by atoms with Crippen molar-refractivity contribution in [3.63, 3.8) is 0 Å². The molecular formula is C28H27F2N5O. The molecule has 1 fully saturated rings. The number of allylic oxidation sites excluding steroid dienone is 4. The van der Waals surface area contributed by atoms with E-state index in [2.05, 4.69) is 33.8 Å². The Kier molecular flexibility index (Phi) is 6.81. The van der Waals surface area contributed by atoms with E-state index >= 15 is 0 Å². The van der Waals surface area contributed by atoms with Crippen molar-refractivity contribution in [2.24, 2.45) is 5.92 Å². The molecule has 2 aliphatic heterocycles. The normalized spacial score (nSPS) is 19.5. The van der Waals surface area contributed by atoms with E-state index in [0.717, 1.165) is 46.6 Å². The number of pyridine rings is 1. The number of carbonyl (C=O) groups excluding carboxylic acids is 1. The Balaban J connectivity index is 1.30. The summed E-state index contributed by atoms with van der Waals surface area (Å²) in [5.74, 6) is -1.77. The number of piperidine rings is 1. The summed E-state index contributed by atoms with van der Waals surface area (Å²) in [6.07, 6.45) is 9.28. The number of amides is 1. The highest BCUT2D eigenvalue weighted by Gasteiger charge is 2.24. The number of halogens is 2. The zero-order valence-corrected chi connectivity index (χ0v) is 19.8. The lowest BCUT2D eigenvalue weighted by molar-refractivity contribution is -0.131. The van der Waals surface area contributed by atoms with Gasteiger partial charge in [0, 0.05) is 42.8 Å². The average Bonchev–Trinajstić information content (AvgIpc) is 2.89. The third-order valence-electron chi connectivity index (χ3n) is 6.94. The molecule has 8 heteroatoms. The monoisotopic (exact) mass is 487 g/mol. The molecule has 2 aromatic rings. The molecule has 184 valence electrons. The van der Waals surface area contributed by atoms with Gasteiger partial charge in [-0.25, -0.2) is 9.37 Å². The Morgan fingerprint density at radius 3 is 2.83 bits per heavy atom. The van der Waals surface area contributed by atoms with E-state index in [0.29, 0.717) is 25.2 Å². The third-order valence-corrected chi connectivity index (χ3v) is 6.94. The fourth-order valence-corrected chi connectivity index (χ4v) is 4.95. The van der Waals surface area contributed by atoms with Gasteiger partial charge in [0.25, 0.3) is 0 Å². The van der Waals surface area contributed by atoms with Crippen molar-refractivity contribution < 1.29 is 13.6 Å². The van der Waals surface area contributed by atoms with Crippen LogP contribution >= 0.6 is 0 Å². The maximum absolute atomic E-state index is 13.9. The van der Waals surface area contributed by atoms with Gasteiger partial charge in [-0.2, -0.15) is 9.65 Å². The first kappa shape index (κ1) is 23.7. The topological polar surface area (TPSA) is 81.1 Å². The molecule has 2 N–H and O–H groups in total. The minimum atomic E-state index is -0.751. The van der Waals surface area contributed by atoms with Crippen LogP contribution in [0.1, 0.15) is 30.5 Å². The SMILES string of the molecule is N#CC1CC(c2cc(NC3CCN(C(=O)Cc4cccc(F)n4)CC3)c3c(c2)=CCNC=3)=CC=C1F. The van der Waals surface area contributed by atoms with Crippen molar-refractivity contribution in [1.82, 2.24) is 15.2 Å². The lowest BCUT2D eigenvalue weighted by Gasteiger charge is -2.33. The first-order chi connectivity index (χ1) is 17.5. The number of hydrogen-bond acceptors (Lipinski definition) is 5. The molecule has 5 rings (SSSR count). The average molecular weight is 488 g/mol. The van der Waals surface area contributed by atoms with Crippen LogP contribution in [0.25, 0.3) is 17.8 Å². The van der Waals surface area contributed by atoms with Gasteiger partial charge in [-0.05, 0) is 66.0 Å². The van der Waals surface area contributed by atoms with Crippen LogP contribution in [0, 0.1) is 23.2 Å². The molecule has 0 radical (unpaired) electrons. The number of rotatable bonds is 5. The Morgan fingerprint density at radius 1 is 1.22 bits per heavy atom. The van der Waals surface area contributed by atoms with Crippen LogP contribution in [0.4, 0.5) is 14.5 Å². The number of nitrogens with one attached hydrogen (secondary N) is 2. The summed E-state index contributed by atoms with van der Waals surface area (Å²) in [5, 5.41) is 18.4. The molecule has 1 aromatic carbocycles. The summed E-state index contributed by atoms with van der Waals surface area (Å²) >= 11 is 0. The van der Waals surface area contributed by atoms with E-state index in [1.807, 2.05) is 17.2 Å². The van der Waals surface area contributed by atoms with Crippen LogP contribution in [0.3, 0.4) is 0 Å². The van der Waals surface area contributed by atoms with Crippen LogP contribution < -0.4 is 21.1 Å². The second-order valence-electron chi connectivity index (χ2n) is 9.34. The van der Waals surface area contributed by atoms with Gasteiger partial charge >= 0.3 is 0 Å². The van der Waals surface area contributed by atoms with Gasteiger partial charge in [-0.1, -0.05) is 18.2 Å². The summed E-state index contributed by atoms with van der Waals surface area (Å²) in [4.78, 5) is 18.3. The molecule has 1 saturated heterocycles. The standard InChI is InChI=1S/C28H27F2N5O/c29-25-5-4-18(12-21(25)16-31)20-13-19-6-9-32-17-24(19)26(14-20)33-22-7-10-35(11-8-22)28(36)15-23-2-1-3-27(30)34-23/h1-6,13-14,17,21-22,32-33H,7-12,15H2. The molecule has 1 aromatic heterocycles. The second-order valence-corrected chi connectivity index (χ2v) is 9.34. The first-order valence-corrected chi connectivity index (χ1v) is 12.2. The maximum Gasteiger partial charge on any atom is 0.228 e. The number of likely N-dealkylation sites (tertiary alicyclic amines) is 1. The summed E-state index contributed by atoms with van der Waals surface area (Å²) < 4.78 is 27.3. The fraction of sp³-hybridized carbons (Fsp3) is 0.321. The molecule has 1 aliphatic carbocycles. The second kappa shape index (κ2) is 10.3. The Hall–Kier alpha value is -3.99. The zero-order chi connectivity index (χ0) is 25.1. The fourth-order valence-electron chi connectivity index (χ4n) is 4.95. The molecular weight excluding hydrogens is 460 g/mol. The summed E-state index contributed by atoms with van der Waals surface area (Å²) in [6.45, 7) is 1.95. The third kappa shape index (κ3) is 5.15. The largest absolute Gasteiger partial charge is 0.387 e. The lowest BCUT2D eigenvalue weighted by Crippen LogP contribution is -2.44. The van der Waals surface area contributed by atoms with Gasteiger partial charge < -0.3 is 15.5 Å². The molecule has 0 saturated carbocycles. The number of aromatic nitrogens is 1. The van der Waals surface area contributed by atoms with Crippen molar-refractivity contribution in [3.05, 3.63) is 76.0 Å². The van der Waals surface area contributed by atoms with Gasteiger partial charge in [-0.15, -0.1) is 0 Å². The van der Waals surface area contributed by atoms with Gasteiger partial charge in [0.1, 0.15) is 11.7 Å². The quantitative estimate of drug-likeness (QED) is 0.634. The highest BCUT2D eigenvalue weighted by Crippen LogP contribution is 2.32. The highest BCUT2D eigenvalue weighted by atomic mass is 19.1. The van der Waals surface area contributed by atoms with Crippen LogP contribution in [-0.4, -0.2) is 41.5 Å². The summed E-state index contributed by atoms with van der Waals surface area (Å²) in [5.41, 5.74) is 3.33. The number of benzene rings is 1. The van der Waals surface area contributed by atoms with E-state index in [1.165, 1.54) is 12.1 Å². The van der Waals surface area contributed by atoms with Crippen molar-refractivity contribution in [2.45, 2.75) is 31.7 Å². The smallest absolute Gasteiger partial charge is 0.228 e. The van der Waals surface area contributed by atoms with Crippen molar-refractivity contribution in [3.8, 4) is 6.07 Å². The number of hydrogen-bond donors (Lipinski definition) is 2. The number of anilines is 1. The number of nitriles is 1. The molecule has 3 aliphatic rings. The minimum Gasteiger partial charge on any atom is -0.387 e. The Bertz CT molecular complexity index is 1400. The molecule has 1 unspecified atom stereocenters. The van der Waals surface area contributed by atoms with Crippen LogP contribution in [0.5, 0.6) is 0 Å². The molecule has 3 heterocycles. The predicted octanol–water partition coefficient (Wildman–Crippen LogP) is 2.77. The van der Waals surface area contributed by atoms with Crippen molar-refractivity contribution in [1.29, 1.82) is 5.26 Å². The predicted molar refractivity (Wildman–Crippen MR) is 135 cm³/mol. The lowest BCUT2D eigenvalue weighted by atomic mass is 9.89. The molecule has 1 amide bonds. The van der Waals surface area contributed by atoms with Gasteiger partial charge in [0.2, 0.25) is 11.9 Å². The Morgan fingerprint density at radius 2 is 2.06 bits per heavy atom.